The number of rotatable bonds is 2. The molecule has 0 aromatic heterocycles. The molecule has 1 rings (SSSR count). The van der Waals surface area contributed by atoms with Crippen LogP contribution < -0.4 is 4.90 Å². The maximum Gasteiger partial charge on any atom is 0.223 e. The third kappa shape index (κ3) is 3.69. The molecule has 0 atom stereocenters. The maximum absolute atomic E-state index is 11.2. The first-order valence-corrected chi connectivity index (χ1v) is 5.90. The van der Waals surface area contributed by atoms with Gasteiger partial charge in [-0.3, -0.25) is 4.79 Å². The highest BCUT2D eigenvalue weighted by molar-refractivity contribution is 5.91. The fourth-order valence-electron chi connectivity index (χ4n) is 1.45. The van der Waals surface area contributed by atoms with E-state index in [2.05, 4.69) is 25.1 Å². The molecule has 1 amide bonds. The Morgan fingerprint density at radius 2 is 1.88 bits per heavy atom. The normalized spacial score (nSPS) is 9.12. The van der Waals surface area contributed by atoms with Crippen LogP contribution in [0.1, 0.15) is 38.8 Å². The standard InChI is InChI=1S/C12H17NO.C2H6/c1-5-11-7-6-9(2)8-12(11)13(4)10(3)14;1-2/h6-8H,5H2,1-4H3;1-2H3. The smallest absolute Gasteiger partial charge is 0.223 e. The lowest BCUT2D eigenvalue weighted by Crippen LogP contribution is -2.24. The van der Waals surface area contributed by atoms with Crippen LogP contribution in [0.2, 0.25) is 0 Å². The molecule has 0 saturated carbocycles. The van der Waals surface area contributed by atoms with Gasteiger partial charge in [0.2, 0.25) is 5.91 Å². The van der Waals surface area contributed by atoms with Gasteiger partial charge in [0.1, 0.15) is 0 Å². The van der Waals surface area contributed by atoms with Gasteiger partial charge in [-0.25, -0.2) is 0 Å². The molecular formula is C14H23NO. The topological polar surface area (TPSA) is 20.3 Å². The van der Waals surface area contributed by atoms with Crippen molar-refractivity contribution in [3.8, 4) is 0 Å². The van der Waals surface area contributed by atoms with Gasteiger partial charge in [0.05, 0.1) is 0 Å². The number of nitrogens with zero attached hydrogens (tertiary/aromatic N) is 1. The minimum Gasteiger partial charge on any atom is -0.315 e. The molecule has 2 heteroatoms. The van der Waals surface area contributed by atoms with Crippen molar-refractivity contribution < 1.29 is 4.79 Å². The van der Waals surface area contributed by atoms with Crippen LogP contribution in [0.4, 0.5) is 5.69 Å². The van der Waals surface area contributed by atoms with Crippen molar-refractivity contribution in [2.24, 2.45) is 0 Å². The van der Waals surface area contributed by atoms with Crippen molar-refractivity contribution in [1.29, 1.82) is 0 Å². The van der Waals surface area contributed by atoms with E-state index in [9.17, 15) is 4.79 Å². The third-order valence-corrected chi connectivity index (χ3v) is 2.46. The summed E-state index contributed by atoms with van der Waals surface area (Å²) in [7, 11) is 1.82. The molecule has 0 radical (unpaired) electrons. The van der Waals surface area contributed by atoms with Gasteiger partial charge in [-0.15, -0.1) is 0 Å². The van der Waals surface area contributed by atoms with E-state index < -0.39 is 0 Å². The monoisotopic (exact) mass is 221 g/mol. The number of carbonyl (C=O) groups is 1. The van der Waals surface area contributed by atoms with E-state index >= 15 is 0 Å². The fraction of sp³-hybridized carbons (Fsp3) is 0.500. The molecule has 0 aliphatic rings. The molecule has 0 unspecified atom stereocenters. The van der Waals surface area contributed by atoms with Crippen LogP contribution in [0, 0.1) is 6.92 Å². The number of carbonyl (C=O) groups excluding carboxylic acids is 1. The number of benzene rings is 1. The Balaban J connectivity index is 0.00000106. The van der Waals surface area contributed by atoms with Crippen molar-refractivity contribution in [3.05, 3.63) is 29.3 Å². The molecular weight excluding hydrogens is 198 g/mol. The van der Waals surface area contributed by atoms with Crippen LogP contribution in [0.5, 0.6) is 0 Å². The lowest BCUT2D eigenvalue weighted by Gasteiger charge is -2.19. The molecule has 0 fully saturated rings. The van der Waals surface area contributed by atoms with E-state index in [1.807, 2.05) is 27.8 Å². The fourth-order valence-corrected chi connectivity index (χ4v) is 1.45. The molecule has 16 heavy (non-hydrogen) atoms. The van der Waals surface area contributed by atoms with Crippen LogP contribution in [-0.2, 0) is 11.2 Å². The average Bonchev–Trinajstić information content (AvgIpc) is 2.30. The lowest BCUT2D eigenvalue weighted by molar-refractivity contribution is -0.116. The molecule has 1 aromatic carbocycles. The summed E-state index contributed by atoms with van der Waals surface area (Å²) in [4.78, 5) is 12.9. The van der Waals surface area contributed by atoms with E-state index in [0.717, 1.165) is 12.1 Å². The molecule has 0 N–H and O–H groups in total. The summed E-state index contributed by atoms with van der Waals surface area (Å²) in [5.41, 5.74) is 3.43. The lowest BCUT2D eigenvalue weighted by atomic mass is 10.1. The second-order valence-corrected chi connectivity index (χ2v) is 3.56. The molecule has 0 heterocycles. The van der Waals surface area contributed by atoms with Gasteiger partial charge >= 0.3 is 0 Å². The van der Waals surface area contributed by atoms with Crippen molar-refractivity contribution in [3.63, 3.8) is 0 Å². The Bertz CT molecular complexity index is 345. The van der Waals surface area contributed by atoms with Gasteiger partial charge in [0.15, 0.2) is 0 Å². The predicted molar refractivity (Wildman–Crippen MR) is 71.0 cm³/mol. The van der Waals surface area contributed by atoms with Crippen LogP contribution in [-0.4, -0.2) is 13.0 Å². The van der Waals surface area contributed by atoms with Crippen LogP contribution in [0.15, 0.2) is 18.2 Å². The molecule has 90 valence electrons. The molecule has 2 nitrogen and oxygen atoms in total. The summed E-state index contributed by atoms with van der Waals surface area (Å²) in [6, 6.07) is 6.22. The van der Waals surface area contributed by atoms with Gasteiger partial charge < -0.3 is 4.90 Å². The largest absolute Gasteiger partial charge is 0.315 e. The zero-order chi connectivity index (χ0) is 12.7. The molecule has 0 bridgehead atoms. The number of amides is 1. The zero-order valence-corrected chi connectivity index (χ0v) is 11.3. The van der Waals surface area contributed by atoms with Gasteiger partial charge in [0.25, 0.3) is 0 Å². The summed E-state index contributed by atoms with van der Waals surface area (Å²) >= 11 is 0. The van der Waals surface area contributed by atoms with E-state index in [1.165, 1.54) is 11.1 Å². The second-order valence-electron chi connectivity index (χ2n) is 3.56. The number of hydrogen-bond donors (Lipinski definition) is 0. The summed E-state index contributed by atoms with van der Waals surface area (Å²) < 4.78 is 0. The molecule has 0 spiro atoms. The third-order valence-electron chi connectivity index (χ3n) is 2.46. The Kier molecular flexibility index (Phi) is 6.47. The highest BCUT2D eigenvalue weighted by atomic mass is 16.2. The van der Waals surface area contributed by atoms with E-state index in [-0.39, 0.29) is 5.91 Å². The van der Waals surface area contributed by atoms with Crippen molar-refractivity contribution >= 4 is 11.6 Å². The molecule has 1 aromatic rings. The van der Waals surface area contributed by atoms with E-state index in [4.69, 9.17) is 0 Å². The van der Waals surface area contributed by atoms with Gasteiger partial charge in [0, 0.05) is 19.7 Å². The van der Waals surface area contributed by atoms with Crippen LogP contribution in [0.3, 0.4) is 0 Å². The quantitative estimate of drug-likeness (QED) is 0.747. The number of anilines is 1. The minimum atomic E-state index is 0.0744. The predicted octanol–water partition coefficient (Wildman–Crippen LogP) is 3.57. The zero-order valence-electron chi connectivity index (χ0n) is 11.3. The summed E-state index contributed by atoms with van der Waals surface area (Å²) in [6.07, 6.45) is 0.952. The SMILES string of the molecule is CC.CCc1ccc(C)cc1N(C)C(C)=O. The maximum atomic E-state index is 11.2. The number of aryl methyl sites for hydroxylation is 2. The van der Waals surface area contributed by atoms with Gasteiger partial charge in [-0.2, -0.15) is 0 Å². The highest BCUT2D eigenvalue weighted by Crippen LogP contribution is 2.21. The Morgan fingerprint density at radius 1 is 1.31 bits per heavy atom. The summed E-state index contributed by atoms with van der Waals surface area (Å²) in [5, 5.41) is 0. The Labute approximate surface area is 99.3 Å². The summed E-state index contributed by atoms with van der Waals surface area (Å²) in [6.45, 7) is 9.72. The van der Waals surface area contributed by atoms with Crippen LogP contribution in [0.25, 0.3) is 0 Å². The Morgan fingerprint density at radius 3 is 2.31 bits per heavy atom. The Hall–Kier alpha value is -1.31. The minimum absolute atomic E-state index is 0.0744. The first-order chi connectivity index (χ1) is 7.56. The second kappa shape index (κ2) is 7.04. The van der Waals surface area contributed by atoms with Crippen molar-refractivity contribution in [2.75, 3.05) is 11.9 Å². The van der Waals surface area contributed by atoms with Gasteiger partial charge in [-0.05, 0) is 30.5 Å². The number of hydrogen-bond acceptors (Lipinski definition) is 1. The average molecular weight is 221 g/mol. The van der Waals surface area contributed by atoms with Gasteiger partial charge in [-0.1, -0.05) is 32.9 Å². The summed E-state index contributed by atoms with van der Waals surface area (Å²) in [5.74, 6) is 0.0744. The first-order valence-electron chi connectivity index (χ1n) is 5.90. The van der Waals surface area contributed by atoms with E-state index in [0.29, 0.717) is 0 Å². The van der Waals surface area contributed by atoms with Crippen molar-refractivity contribution in [2.45, 2.75) is 41.0 Å². The van der Waals surface area contributed by atoms with E-state index in [1.54, 1.807) is 11.8 Å². The first kappa shape index (κ1) is 14.7. The molecule has 0 saturated heterocycles. The molecule has 0 aliphatic carbocycles. The van der Waals surface area contributed by atoms with Crippen LogP contribution >= 0.6 is 0 Å². The van der Waals surface area contributed by atoms with Crippen molar-refractivity contribution in [1.82, 2.24) is 0 Å². The molecule has 0 aliphatic heterocycles. The highest BCUT2D eigenvalue weighted by Gasteiger charge is 2.09.